The number of ether oxygens (including phenoxy) is 2. The Morgan fingerprint density at radius 3 is 2.26 bits per heavy atom. The van der Waals surface area contributed by atoms with Crippen LogP contribution in [0, 0.1) is 34.8 Å². The number of halogens is 2. The molecule has 174 valence electrons. The molecule has 2 fully saturated rings. The van der Waals surface area contributed by atoms with Crippen molar-refractivity contribution in [2.24, 2.45) is 23.2 Å². The lowest BCUT2D eigenvalue weighted by Gasteiger charge is -2.38. The van der Waals surface area contributed by atoms with Crippen LogP contribution >= 0.6 is 0 Å². The standard InChI is InChI=1S/C26H38F2O3/c1-5-26(3,4)20-11-13-21(14-12-20)30-16-19-10-15-22(24(28)23(19)27)31-25(29)18-8-6-17(2)7-9-18/h10,15,17-18,20-21H,5-9,11-14,16H2,1-4H3. The van der Waals surface area contributed by atoms with E-state index in [-0.39, 0.29) is 29.9 Å². The third kappa shape index (κ3) is 6.06. The molecule has 2 saturated carbocycles. The molecule has 0 aromatic heterocycles. The van der Waals surface area contributed by atoms with Crippen LogP contribution in [0.2, 0.25) is 0 Å². The van der Waals surface area contributed by atoms with E-state index in [9.17, 15) is 13.6 Å². The van der Waals surface area contributed by atoms with Gasteiger partial charge in [-0.15, -0.1) is 0 Å². The first-order chi connectivity index (χ1) is 14.7. The predicted molar refractivity (Wildman–Crippen MR) is 118 cm³/mol. The maximum Gasteiger partial charge on any atom is 0.314 e. The Morgan fingerprint density at radius 2 is 1.65 bits per heavy atom. The van der Waals surface area contributed by atoms with Crippen molar-refractivity contribution < 1.29 is 23.0 Å². The number of rotatable bonds is 7. The van der Waals surface area contributed by atoms with Crippen molar-refractivity contribution in [1.82, 2.24) is 0 Å². The third-order valence-electron chi connectivity index (χ3n) is 7.85. The lowest BCUT2D eigenvalue weighted by atomic mass is 9.69. The van der Waals surface area contributed by atoms with Gasteiger partial charge < -0.3 is 9.47 Å². The summed E-state index contributed by atoms with van der Waals surface area (Å²) in [6.45, 7) is 9.07. The molecule has 1 aromatic carbocycles. The molecule has 1 aromatic rings. The van der Waals surface area contributed by atoms with Crippen LogP contribution in [0.15, 0.2) is 12.1 Å². The Balaban J connectivity index is 1.52. The second kappa shape index (κ2) is 10.4. The Labute approximate surface area is 185 Å². The summed E-state index contributed by atoms with van der Waals surface area (Å²) in [4.78, 5) is 12.3. The lowest BCUT2D eigenvalue weighted by molar-refractivity contribution is -0.140. The highest BCUT2D eigenvalue weighted by molar-refractivity contribution is 5.75. The molecular weight excluding hydrogens is 398 g/mol. The van der Waals surface area contributed by atoms with E-state index in [1.165, 1.54) is 12.1 Å². The molecule has 2 aliphatic carbocycles. The van der Waals surface area contributed by atoms with Gasteiger partial charge in [-0.25, -0.2) is 4.39 Å². The topological polar surface area (TPSA) is 35.5 Å². The van der Waals surface area contributed by atoms with Crippen molar-refractivity contribution in [3.8, 4) is 5.75 Å². The molecule has 0 radical (unpaired) electrons. The van der Waals surface area contributed by atoms with Gasteiger partial charge in [-0.05, 0) is 80.8 Å². The van der Waals surface area contributed by atoms with Gasteiger partial charge in [0.25, 0.3) is 0 Å². The molecular formula is C26H38F2O3. The van der Waals surface area contributed by atoms with E-state index < -0.39 is 17.6 Å². The Hall–Kier alpha value is -1.49. The molecule has 0 heterocycles. The highest BCUT2D eigenvalue weighted by atomic mass is 19.2. The van der Waals surface area contributed by atoms with Crippen LogP contribution in [-0.2, 0) is 16.1 Å². The number of hydrogen-bond donors (Lipinski definition) is 0. The number of benzene rings is 1. The molecule has 0 spiro atoms. The third-order valence-corrected chi connectivity index (χ3v) is 7.85. The largest absolute Gasteiger partial charge is 0.423 e. The average Bonchev–Trinajstić information content (AvgIpc) is 2.77. The summed E-state index contributed by atoms with van der Waals surface area (Å²) in [5.74, 6) is -1.81. The van der Waals surface area contributed by atoms with Crippen LogP contribution in [0.25, 0.3) is 0 Å². The van der Waals surface area contributed by atoms with Crippen LogP contribution in [0.5, 0.6) is 5.75 Å². The number of carbonyl (C=O) groups is 1. The van der Waals surface area contributed by atoms with Gasteiger partial charge in [0, 0.05) is 5.56 Å². The molecule has 5 heteroatoms. The lowest BCUT2D eigenvalue weighted by Crippen LogP contribution is -2.30. The zero-order valence-corrected chi connectivity index (χ0v) is 19.5. The van der Waals surface area contributed by atoms with E-state index in [0.717, 1.165) is 57.8 Å². The first kappa shape index (κ1) is 24.2. The van der Waals surface area contributed by atoms with Crippen molar-refractivity contribution in [2.45, 2.75) is 98.2 Å². The van der Waals surface area contributed by atoms with Gasteiger partial charge in [0.05, 0.1) is 18.6 Å². The summed E-state index contributed by atoms with van der Waals surface area (Å²) in [7, 11) is 0. The first-order valence-corrected chi connectivity index (χ1v) is 12.0. The van der Waals surface area contributed by atoms with E-state index in [1.54, 1.807) is 0 Å². The van der Waals surface area contributed by atoms with Gasteiger partial charge >= 0.3 is 5.97 Å². The monoisotopic (exact) mass is 436 g/mol. The van der Waals surface area contributed by atoms with Crippen molar-refractivity contribution in [1.29, 1.82) is 0 Å². The van der Waals surface area contributed by atoms with E-state index in [1.807, 2.05) is 0 Å². The van der Waals surface area contributed by atoms with Crippen molar-refractivity contribution >= 4 is 5.97 Å². The molecule has 2 aliphatic rings. The fourth-order valence-electron chi connectivity index (χ4n) is 4.96. The van der Waals surface area contributed by atoms with E-state index in [2.05, 4.69) is 27.7 Å². The van der Waals surface area contributed by atoms with Crippen molar-refractivity contribution in [3.05, 3.63) is 29.3 Å². The normalized spacial score (nSPS) is 27.2. The maximum absolute atomic E-state index is 14.6. The van der Waals surface area contributed by atoms with Gasteiger partial charge in [0.15, 0.2) is 11.6 Å². The summed E-state index contributed by atoms with van der Waals surface area (Å²) < 4.78 is 40.2. The summed E-state index contributed by atoms with van der Waals surface area (Å²) in [5.41, 5.74) is 0.503. The minimum atomic E-state index is -1.10. The first-order valence-electron chi connectivity index (χ1n) is 12.0. The molecule has 31 heavy (non-hydrogen) atoms. The van der Waals surface area contributed by atoms with Crippen LogP contribution in [0.4, 0.5) is 8.78 Å². The highest BCUT2D eigenvalue weighted by Gasteiger charge is 2.32. The predicted octanol–water partition coefficient (Wildman–Crippen LogP) is 7.21. The highest BCUT2D eigenvalue weighted by Crippen LogP contribution is 2.41. The van der Waals surface area contributed by atoms with Gasteiger partial charge in [0.1, 0.15) is 0 Å². The summed E-state index contributed by atoms with van der Waals surface area (Å²) in [5, 5.41) is 0. The fraction of sp³-hybridized carbons (Fsp3) is 0.731. The molecule has 0 atom stereocenters. The van der Waals surface area contributed by atoms with E-state index in [4.69, 9.17) is 9.47 Å². The average molecular weight is 437 g/mol. The second-order valence-electron chi connectivity index (χ2n) is 10.4. The molecule has 0 amide bonds. The SMILES string of the molecule is CCC(C)(C)C1CCC(OCc2ccc(OC(=O)C3CCC(C)CC3)c(F)c2F)CC1. The smallest absolute Gasteiger partial charge is 0.314 e. The molecule has 0 N–H and O–H groups in total. The second-order valence-corrected chi connectivity index (χ2v) is 10.4. The van der Waals surface area contributed by atoms with E-state index in [0.29, 0.717) is 17.3 Å². The van der Waals surface area contributed by atoms with Gasteiger partial charge in [0.2, 0.25) is 5.82 Å². The minimum Gasteiger partial charge on any atom is -0.423 e. The molecule has 3 rings (SSSR count). The van der Waals surface area contributed by atoms with Crippen molar-refractivity contribution in [2.75, 3.05) is 0 Å². The molecule has 0 bridgehead atoms. The van der Waals surface area contributed by atoms with Gasteiger partial charge in [-0.3, -0.25) is 4.79 Å². The van der Waals surface area contributed by atoms with Crippen LogP contribution in [-0.4, -0.2) is 12.1 Å². The van der Waals surface area contributed by atoms with Crippen LogP contribution in [0.3, 0.4) is 0 Å². The Bertz CT molecular complexity index is 745. The number of carbonyl (C=O) groups excluding carboxylic acids is 1. The molecule has 0 saturated heterocycles. The van der Waals surface area contributed by atoms with Gasteiger partial charge in [-0.1, -0.05) is 34.1 Å². The summed E-state index contributed by atoms with van der Waals surface area (Å²) in [6.07, 6.45) is 8.77. The van der Waals surface area contributed by atoms with Gasteiger partial charge in [-0.2, -0.15) is 4.39 Å². The maximum atomic E-state index is 14.6. The molecule has 3 nitrogen and oxygen atoms in total. The van der Waals surface area contributed by atoms with Crippen molar-refractivity contribution in [3.63, 3.8) is 0 Å². The zero-order valence-electron chi connectivity index (χ0n) is 19.5. The van der Waals surface area contributed by atoms with Crippen LogP contribution < -0.4 is 4.74 Å². The number of esters is 1. The zero-order chi connectivity index (χ0) is 22.6. The quantitative estimate of drug-likeness (QED) is 0.335. The number of hydrogen-bond acceptors (Lipinski definition) is 3. The Morgan fingerprint density at radius 1 is 1.00 bits per heavy atom. The summed E-state index contributed by atoms with van der Waals surface area (Å²) in [6, 6.07) is 2.82. The molecule has 0 unspecified atom stereocenters. The molecule has 0 aliphatic heterocycles. The fourth-order valence-corrected chi connectivity index (χ4v) is 4.96. The van der Waals surface area contributed by atoms with E-state index >= 15 is 0 Å². The van der Waals surface area contributed by atoms with Crippen LogP contribution in [0.1, 0.15) is 91.0 Å². The summed E-state index contributed by atoms with van der Waals surface area (Å²) >= 11 is 0. The Kier molecular flexibility index (Phi) is 8.12. The minimum absolute atomic E-state index is 0.0317.